The SMILES string of the molecule is CCc1c(C(=O)N2CC(C)OC(C)C2)cnn1-c1ccc(OC)nn1. The van der Waals surface area contributed by atoms with Crippen LogP contribution in [-0.4, -0.2) is 63.2 Å². The van der Waals surface area contributed by atoms with E-state index >= 15 is 0 Å². The number of hydrogen-bond donors (Lipinski definition) is 0. The van der Waals surface area contributed by atoms with Crippen LogP contribution in [0.15, 0.2) is 18.3 Å². The van der Waals surface area contributed by atoms with Crippen LogP contribution in [-0.2, 0) is 11.2 Å². The minimum atomic E-state index is -0.0217. The van der Waals surface area contributed by atoms with Gasteiger partial charge in [-0.2, -0.15) is 5.10 Å². The van der Waals surface area contributed by atoms with Gasteiger partial charge in [0.1, 0.15) is 0 Å². The number of amides is 1. The van der Waals surface area contributed by atoms with Gasteiger partial charge in [0.05, 0.1) is 36.8 Å². The molecule has 8 heteroatoms. The molecular formula is C17H23N5O3. The molecular weight excluding hydrogens is 322 g/mol. The summed E-state index contributed by atoms with van der Waals surface area (Å²) in [6.45, 7) is 7.12. The number of carbonyl (C=O) groups is 1. The van der Waals surface area contributed by atoms with Gasteiger partial charge in [0.25, 0.3) is 5.91 Å². The fourth-order valence-corrected chi connectivity index (χ4v) is 3.14. The van der Waals surface area contributed by atoms with Crippen LogP contribution in [0.3, 0.4) is 0 Å². The summed E-state index contributed by atoms with van der Waals surface area (Å²) >= 11 is 0. The topological polar surface area (TPSA) is 82.4 Å². The van der Waals surface area contributed by atoms with Crippen LogP contribution >= 0.6 is 0 Å². The molecule has 2 aromatic heterocycles. The number of rotatable bonds is 4. The third-order valence-corrected chi connectivity index (χ3v) is 4.19. The number of hydrogen-bond acceptors (Lipinski definition) is 6. The molecule has 0 saturated carbocycles. The number of ether oxygens (including phenoxy) is 2. The van der Waals surface area contributed by atoms with Crippen molar-refractivity contribution in [1.82, 2.24) is 24.9 Å². The third-order valence-electron chi connectivity index (χ3n) is 4.19. The van der Waals surface area contributed by atoms with Crippen molar-refractivity contribution in [2.45, 2.75) is 39.4 Å². The van der Waals surface area contributed by atoms with Crippen LogP contribution < -0.4 is 4.74 Å². The van der Waals surface area contributed by atoms with Crippen molar-refractivity contribution in [3.05, 3.63) is 29.6 Å². The Labute approximate surface area is 146 Å². The first-order valence-corrected chi connectivity index (χ1v) is 8.43. The van der Waals surface area contributed by atoms with Crippen molar-refractivity contribution in [2.24, 2.45) is 0 Å². The fraction of sp³-hybridized carbons (Fsp3) is 0.529. The van der Waals surface area contributed by atoms with Crippen LogP contribution in [0, 0.1) is 0 Å². The largest absolute Gasteiger partial charge is 0.480 e. The van der Waals surface area contributed by atoms with Gasteiger partial charge in [-0.1, -0.05) is 6.92 Å². The maximum absolute atomic E-state index is 13.0. The first-order chi connectivity index (χ1) is 12.0. The monoisotopic (exact) mass is 345 g/mol. The highest BCUT2D eigenvalue weighted by Crippen LogP contribution is 2.19. The molecule has 3 rings (SSSR count). The van der Waals surface area contributed by atoms with E-state index in [4.69, 9.17) is 9.47 Å². The van der Waals surface area contributed by atoms with E-state index < -0.39 is 0 Å². The molecule has 0 aliphatic carbocycles. The Morgan fingerprint density at radius 3 is 2.56 bits per heavy atom. The van der Waals surface area contributed by atoms with Gasteiger partial charge in [-0.15, -0.1) is 10.2 Å². The molecule has 25 heavy (non-hydrogen) atoms. The molecule has 0 bridgehead atoms. The van der Waals surface area contributed by atoms with Gasteiger partial charge in [-0.05, 0) is 26.3 Å². The second kappa shape index (κ2) is 7.18. The Balaban J connectivity index is 1.89. The lowest BCUT2D eigenvalue weighted by Crippen LogP contribution is -2.48. The van der Waals surface area contributed by atoms with Crippen LogP contribution in [0.2, 0.25) is 0 Å². The lowest BCUT2D eigenvalue weighted by Gasteiger charge is -2.35. The van der Waals surface area contributed by atoms with Crippen LogP contribution in [0.1, 0.15) is 36.8 Å². The molecule has 1 saturated heterocycles. The molecule has 2 atom stereocenters. The van der Waals surface area contributed by atoms with Gasteiger partial charge in [0.2, 0.25) is 5.88 Å². The summed E-state index contributed by atoms with van der Waals surface area (Å²) in [6, 6.07) is 3.49. The predicted octanol–water partition coefficient (Wildman–Crippen LogP) is 1.48. The summed E-state index contributed by atoms with van der Waals surface area (Å²) in [5.41, 5.74) is 1.41. The van der Waals surface area contributed by atoms with Crippen molar-refractivity contribution < 1.29 is 14.3 Å². The average Bonchev–Trinajstić information content (AvgIpc) is 3.04. The van der Waals surface area contributed by atoms with E-state index in [9.17, 15) is 4.79 Å². The molecule has 2 unspecified atom stereocenters. The smallest absolute Gasteiger partial charge is 0.257 e. The van der Waals surface area contributed by atoms with Crippen molar-refractivity contribution >= 4 is 5.91 Å². The van der Waals surface area contributed by atoms with Crippen LogP contribution in [0.5, 0.6) is 5.88 Å². The fourth-order valence-electron chi connectivity index (χ4n) is 3.14. The molecule has 1 aliphatic heterocycles. The molecule has 1 amide bonds. The number of aromatic nitrogens is 4. The highest BCUT2D eigenvalue weighted by Gasteiger charge is 2.29. The Hall–Kier alpha value is -2.48. The normalized spacial score (nSPS) is 20.6. The first kappa shape index (κ1) is 17.3. The summed E-state index contributed by atoms with van der Waals surface area (Å²) in [5, 5.41) is 12.4. The number of methoxy groups -OCH3 is 1. The van der Waals surface area contributed by atoms with Crippen LogP contribution in [0.4, 0.5) is 0 Å². The highest BCUT2D eigenvalue weighted by atomic mass is 16.5. The van der Waals surface area contributed by atoms with Gasteiger partial charge in [-0.25, -0.2) is 4.68 Å². The number of nitrogens with zero attached hydrogens (tertiary/aromatic N) is 5. The molecule has 0 aromatic carbocycles. The van der Waals surface area contributed by atoms with Gasteiger partial charge in [-0.3, -0.25) is 4.79 Å². The second-order valence-electron chi connectivity index (χ2n) is 6.17. The van der Waals surface area contributed by atoms with Gasteiger partial charge in [0, 0.05) is 19.2 Å². The molecule has 0 N–H and O–H groups in total. The van der Waals surface area contributed by atoms with Gasteiger partial charge >= 0.3 is 0 Å². The van der Waals surface area contributed by atoms with E-state index in [1.54, 1.807) is 23.0 Å². The van der Waals surface area contributed by atoms with Gasteiger partial charge < -0.3 is 14.4 Å². The summed E-state index contributed by atoms with van der Waals surface area (Å²) in [7, 11) is 1.54. The predicted molar refractivity (Wildman–Crippen MR) is 91.0 cm³/mol. The van der Waals surface area contributed by atoms with E-state index in [-0.39, 0.29) is 18.1 Å². The first-order valence-electron chi connectivity index (χ1n) is 8.43. The lowest BCUT2D eigenvalue weighted by atomic mass is 10.1. The second-order valence-corrected chi connectivity index (χ2v) is 6.17. The molecule has 134 valence electrons. The standard InChI is InChI=1S/C17H23N5O3/c1-5-14-13(17(23)21-9-11(2)25-12(3)10-21)8-18-22(14)15-6-7-16(24-4)20-19-15/h6-8,11-12H,5,9-10H2,1-4H3. The van der Waals surface area contributed by atoms with Crippen molar-refractivity contribution in [2.75, 3.05) is 20.2 Å². The van der Waals surface area contributed by atoms with E-state index in [0.717, 1.165) is 5.69 Å². The third kappa shape index (κ3) is 3.48. The zero-order valence-electron chi connectivity index (χ0n) is 15.0. The Bertz CT molecular complexity index is 733. The van der Waals surface area contributed by atoms with E-state index in [0.29, 0.717) is 36.8 Å². The van der Waals surface area contributed by atoms with Crippen molar-refractivity contribution in [3.63, 3.8) is 0 Å². The summed E-state index contributed by atoms with van der Waals surface area (Å²) in [4.78, 5) is 14.8. The molecule has 0 radical (unpaired) electrons. The van der Waals surface area contributed by atoms with E-state index in [1.165, 1.54) is 7.11 Å². The minimum Gasteiger partial charge on any atom is -0.480 e. The highest BCUT2D eigenvalue weighted by molar-refractivity contribution is 5.95. The van der Waals surface area contributed by atoms with Crippen molar-refractivity contribution in [1.29, 1.82) is 0 Å². The Kier molecular flexibility index (Phi) is 4.98. The Morgan fingerprint density at radius 2 is 2.00 bits per heavy atom. The molecule has 8 nitrogen and oxygen atoms in total. The minimum absolute atomic E-state index is 0.0217. The Morgan fingerprint density at radius 1 is 1.28 bits per heavy atom. The van der Waals surface area contributed by atoms with Crippen molar-refractivity contribution in [3.8, 4) is 11.7 Å². The van der Waals surface area contributed by atoms with E-state index in [2.05, 4.69) is 15.3 Å². The summed E-state index contributed by atoms with van der Waals surface area (Å²) in [6.07, 6.45) is 2.32. The molecule has 0 spiro atoms. The molecule has 3 heterocycles. The van der Waals surface area contributed by atoms with Gasteiger partial charge in [0.15, 0.2) is 5.82 Å². The summed E-state index contributed by atoms with van der Waals surface area (Å²) in [5.74, 6) is 0.966. The summed E-state index contributed by atoms with van der Waals surface area (Å²) < 4.78 is 12.4. The maximum atomic E-state index is 13.0. The number of carbonyl (C=O) groups excluding carboxylic acids is 1. The maximum Gasteiger partial charge on any atom is 0.257 e. The quantitative estimate of drug-likeness (QED) is 0.835. The lowest BCUT2D eigenvalue weighted by molar-refractivity contribution is -0.0586. The molecule has 2 aromatic rings. The zero-order valence-corrected chi connectivity index (χ0v) is 15.0. The zero-order chi connectivity index (χ0) is 18.0. The van der Waals surface area contributed by atoms with Crippen LogP contribution in [0.25, 0.3) is 5.82 Å². The van der Waals surface area contributed by atoms with E-state index in [1.807, 2.05) is 25.7 Å². The average molecular weight is 345 g/mol. The molecule has 1 fully saturated rings. The molecule has 1 aliphatic rings. The number of morpholine rings is 1.